The maximum absolute atomic E-state index is 13.0. The maximum atomic E-state index is 13.0. The van der Waals surface area contributed by atoms with Gasteiger partial charge in [-0.25, -0.2) is 0 Å². The average molecular weight is 356 g/mol. The van der Waals surface area contributed by atoms with Gasteiger partial charge in [0.1, 0.15) is 0 Å². The molecular weight excluding hydrogens is 336 g/mol. The first kappa shape index (κ1) is 17.4. The van der Waals surface area contributed by atoms with Gasteiger partial charge >= 0.3 is 0 Å². The maximum Gasteiger partial charge on any atom is 0.254 e. The summed E-state index contributed by atoms with van der Waals surface area (Å²) >= 11 is 0. The first-order valence-corrected chi connectivity index (χ1v) is 9.68. The second kappa shape index (κ2) is 7.61. The van der Waals surface area contributed by atoms with Crippen LogP contribution in [-0.2, 0) is 15.6 Å². The molecule has 6 heteroatoms. The van der Waals surface area contributed by atoms with E-state index in [1.165, 1.54) is 0 Å². The monoisotopic (exact) mass is 356 g/mol. The highest BCUT2D eigenvalue weighted by Gasteiger charge is 2.30. The van der Waals surface area contributed by atoms with Crippen molar-refractivity contribution >= 4 is 22.6 Å². The molecule has 3 rings (SSSR count). The summed E-state index contributed by atoms with van der Waals surface area (Å²) in [5, 5.41) is 2.83. The summed E-state index contributed by atoms with van der Waals surface area (Å²) in [5.41, 5.74) is 1.48. The number of hydrogen-bond acceptors (Lipinski definition) is 3. The smallest absolute Gasteiger partial charge is 0.254 e. The van der Waals surface area contributed by atoms with Crippen LogP contribution in [0.1, 0.15) is 28.4 Å². The van der Waals surface area contributed by atoms with Crippen molar-refractivity contribution in [2.24, 2.45) is 0 Å². The molecule has 2 amide bonds. The SMILES string of the molecule is C[S@](=O)c1ccc(C(=O)N2CCNC(=O)C[C@@H]2c2ccccc2)cc1. The van der Waals surface area contributed by atoms with Crippen LogP contribution >= 0.6 is 0 Å². The van der Waals surface area contributed by atoms with Gasteiger partial charge in [0.15, 0.2) is 0 Å². The molecule has 5 nitrogen and oxygen atoms in total. The number of rotatable bonds is 3. The summed E-state index contributed by atoms with van der Waals surface area (Å²) < 4.78 is 11.5. The number of nitrogens with one attached hydrogen (secondary N) is 1. The van der Waals surface area contributed by atoms with Crippen LogP contribution in [-0.4, -0.2) is 40.3 Å². The van der Waals surface area contributed by atoms with E-state index < -0.39 is 10.8 Å². The van der Waals surface area contributed by atoms with E-state index in [0.717, 1.165) is 5.56 Å². The molecular formula is C19H20N2O3S. The third-order valence-electron chi connectivity index (χ3n) is 4.31. The number of benzene rings is 2. The predicted molar refractivity (Wildman–Crippen MR) is 96.6 cm³/mol. The third-order valence-corrected chi connectivity index (χ3v) is 5.24. The fourth-order valence-corrected chi connectivity index (χ4v) is 3.52. The van der Waals surface area contributed by atoms with Gasteiger partial charge in [-0.2, -0.15) is 0 Å². The van der Waals surface area contributed by atoms with Crippen LogP contribution < -0.4 is 5.32 Å². The third kappa shape index (κ3) is 3.96. The van der Waals surface area contributed by atoms with Crippen LogP contribution in [0.2, 0.25) is 0 Å². The molecule has 0 unspecified atom stereocenters. The van der Waals surface area contributed by atoms with Crippen molar-refractivity contribution in [3.8, 4) is 0 Å². The van der Waals surface area contributed by atoms with E-state index in [2.05, 4.69) is 5.32 Å². The van der Waals surface area contributed by atoms with Gasteiger partial charge in [-0.1, -0.05) is 30.3 Å². The van der Waals surface area contributed by atoms with Crippen LogP contribution in [0.5, 0.6) is 0 Å². The van der Waals surface area contributed by atoms with E-state index in [1.54, 1.807) is 35.4 Å². The van der Waals surface area contributed by atoms with Gasteiger partial charge < -0.3 is 10.2 Å². The highest BCUT2D eigenvalue weighted by Crippen LogP contribution is 2.27. The largest absolute Gasteiger partial charge is 0.354 e. The summed E-state index contributed by atoms with van der Waals surface area (Å²) in [6.07, 6.45) is 1.85. The quantitative estimate of drug-likeness (QED) is 0.916. The Morgan fingerprint density at radius 1 is 1.12 bits per heavy atom. The van der Waals surface area contributed by atoms with Crippen molar-refractivity contribution in [2.45, 2.75) is 17.4 Å². The summed E-state index contributed by atoms with van der Waals surface area (Å²) in [4.78, 5) is 27.5. The Balaban J connectivity index is 1.92. The Labute approximate surface area is 149 Å². The molecule has 1 saturated heterocycles. The lowest BCUT2D eigenvalue weighted by molar-refractivity contribution is -0.121. The standard InChI is InChI=1S/C19H20N2O3S/c1-25(24)16-9-7-15(8-10-16)19(23)21-12-11-20-18(22)13-17(21)14-5-3-2-4-6-14/h2-10,17H,11-13H2,1H3,(H,20,22)/t17-,25+/m1/s1. The van der Waals surface area contributed by atoms with Crippen molar-refractivity contribution in [3.05, 3.63) is 65.7 Å². The second-order valence-electron chi connectivity index (χ2n) is 5.96. The first-order valence-electron chi connectivity index (χ1n) is 8.12. The molecule has 0 bridgehead atoms. The van der Waals surface area contributed by atoms with Gasteiger partial charge in [0.05, 0.1) is 12.5 Å². The molecule has 1 heterocycles. The van der Waals surface area contributed by atoms with Crippen LogP contribution in [0, 0.1) is 0 Å². The Kier molecular flexibility index (Phi) is 5.28. The van der Waals surface area contributed by atoms with Crippen LogP contribution in [0.25, 0.3) is 0 Å². The lowest BCUT2D eigenvalue weighted by Gasteiger charge is -2.29. The molecule has 0 saturated carbocycles. The Bertz CT molecular complexity index is 790. The van der Waals surface area contributed by atoms with Crippen LogP contribution in [0.15, 0.2) is 59.5 Å². The molecule has 0 aliphatic carbocycles. The molecule has 2 aromatic carbocycles. The minimum absolute atomic E-state index is 0.0547. The Hall–Kier alpha value is -2.47. The lowest BCUT2D eigenvalue weighted by atomic mass is 10.0. The van der Waals surface area contributed by atoms with Crippen molar-refractivity contribution < 1.29 is 13.8 Å². The van der Waals surface area contributed by atoms with Gasteiger partial charge in [-0.3, -0.25) is 13.8 Å². The minimum atomic E-state index is -1.08. The molecule has 2 atom stereocenters. The molecule has 1 N–H and O–H groups in total. The molecule has 0 radical (unpaired) electrons. The van der Waals surface area contributed by atoms with Crippen molar-refractivity contribution in [2.75, 3.05) is 19.3 Å². The van der Waals surface area contributed by atoms with Crippen molar-refractivity contribution in [3.63, 3.8) is 0 Å². The number of amides is 2. The zero-order chi connectivity index (χ0) is 17.8. The van der Waals surface area contributed by atoms with Crippen molar-refractivity contribution in [1.82, 2.24) is 10.2 Å². The fourth-order valence-electron chi connectivity index (χ4n) is 3.00. The first-order chi connectivity index (χ1) is 12.1. The predicted octanol–water partition coefficient (Wildman–Crippen LogP) is 2.13. The van der Waals surface area contributed by atoms with Gasteiger partial charge in [0.25, 0.3) is 5.91 Å². The van der Waals surface area contributed by atoms with Crippen molar-refractivity contribution in [1.29, 1.82) is 0 Å². The summed E-state index contributed by atoms with van der Waals surface area (Å²) in [6.45, 7) is 0.885. The van der Waals surface area contributed by atoms with Crippen LogP contribution in [0.3, 0.4) is 0 Å². The zero-order valence-electron chi connectivity index (χ0n) is 14.0. The van der Waals surface area contributed by atoms with E-state index >= 15 is 0 Å². The van der Waals surface area contributed by atoms with Gasteiger partial charge in [0.2, 0.25) is 5.91 Å². The van der Waals surface area contributed by atoms with E-state index in [-0.39, 0.29) is 24.3 Å². The summed E-state index contributed by atoms with van der Waals surface area (Å²) in [5.74, 6) is -0.181. The lowest BCUT2D eigenvalue weighted by Crippen LogP contribution is -2.36. The topological polar surface area (TPSA) is 66.5 Å². The molecule has 25 heavy (non-hydrogen) atoms. The summed E-state index contributed by atoms with van der Waals surface area (Å²) in [6, 6.07) is 16.1. The van der Waals surface area contributed by atoms with Gasteiger partial charge in [-0.05, 0) is 29.8 Å². The van der Waals surface area contributed by atoms with Gasteiger partial charge in [-0.15, -0.1) is 0 Å². The van der Waals surface area contributed by atoms with E-state index in [1.807, 2.05) is 30.3 Å². The molecule has 0 spiro atoms. The Morgan fingerprint density at radius 2 is 1.80 bits per heavy atom. The van der Waals surface area contributed by atoms with E-state index in [9.17, 15) is 13.8 Å². The number of nitrogens with zero attached hydrogens (tertiary/aromatic N) is 1. The van der Waals surface area contributed by atoms with Crippen LogP contribution in [0.4, 0.5) is 0 Å². The fraction of sp³-hybridized carbons (Fsp3) is 0.263. The highest BCUT2D eigenvalue weighted by atomic mass is 32.2. The second-order valence-corrected chi connectivity index (χ2v) is 7.34. The van der Waals surface area contributed by atoms with E-state index in [4.69, 9.17) is 0 Å². The molecule has 2 aromatic rings. The average Bonchev–Trinajstić information content (AvgIpc) is 2.83. The minimum Gasteiger partial charge on any atom is -0.354 e. The summed E-state index contributed by atoms with van der Waals surface area (Å²) in [7, 11) is -1.08. The molecule has 1 aliphatic rings. The molecule has 0 aromatic heterocycles. The van der Waals surface area contributed by atoms with E-state index in [0.29, 0.717) is 23.5 Å². The molecule has 130 valence electrons. The Morgan fingerprint density at radius 3 is 2.44 bits per heavy atom. The molecule has 1 fully saturated rings. The number of carbonyl (C=O) groups is 2. The normalized spacial score (nSPS) is 19.0. The number of carbonyl (C=O) groups excluding carboxylic acids is 2. The molecule has 1 aliphatic heterocycles. The zero-order valence-corrected chi connectivity index (χ0v) is 14.8. The number of hydrogen-bond donors (Lipinski definition) is 1. The van der Waals surface area contributed by atoms with Gasteiger partial charge in [0, 0.05) is 40.6 Å². The highest BCUT2D eigenvalue weighted by molar-refractivity contribution is 7.84.